The fraction of sp³-hybridized carbons (Fsp3) is 0.273. The molecule has 15 heavy (non-hydrogen) atoms. The van der Waals surface area contributed by atoms with Gasteiger partial charge in [-0.2, -0.15) is 11.6 Å². The molecule has 0 aliphatic carbocycles. The number of nitrogens with zero attached hydrogens (tertiary/aromatic N) is 1. The Kier molecular flexibility index (Phi) is 4.34. The van der Waals surface area contributed by atoms with Crippen LogP contribution in [0.5, 0.6) is 5.75 Å². The molecule has 0 unspecified atom stereocenters. The highest BCUT2D eigenvalue weighted by Crippen LogP contribution is 2.13. The Morgan fingerprint density at radius 3 is 2.67 bits per heavy atom. The summed E-state index contributed by atoms with van der Waals surface area (Å²) in [5, 5.41) is 10.0. The predicted molar refractivity (Wildman–Crippen MR) is 56.9 cm³/mol. The van der Waals surface area contributed by atoms with E-state index in [0.717, 1.165) is 17.7 Å². The van der Waals surface area contributed by atoms with E-state index in [1.165, 1.54) is 6.08 Å². The lowest BCUT2D eigenvalue weighted by Gasteiger charge is -2.06. The molecule has 0 heterocycles. The highest BCUT2D eigenvalue weighted by atomic mass is 16.6. The molecule has 0 bridgehead atoms. The van der Waals surface area contributed by atoms with Crippen LogP contribution in [0.4, 0.5) is 0 Å². The van der Waals surface area contributed by atoms with Gasteiger partial charge in [-0.05, 0) is 23.5 Å². The third-order valence-electron chi connectivity index (χ3n) is 1.69. The van der Waals surface area contributed by atoms with Crippen molar-refractivity contribution in [3.05, 3.63) is 46.1 Å². The van der Waals surface area contributed by atoms with Gasteiger partial charge in [-0.3, -0.25) is 10.1 Å². The summed E-state index contributed by atoms with van der Waals surface area (Å²) in [5.74, 6) is 0.773. The predicted octanol–water partition coefficient (Wildman–Crippen LogP) is 2.53. The molecule has 0 aromatic heterocycles. The summed E-state index contributed by atoms with van der Waals surface area (Å²) in [6.07, 6.45) is 4.26. The van der Waals surface area contributed by atoms with E-state index in [1.807, 2.05) is 13.1 Å². The van der Waals surface area contributed by atoms with Crippen molar-refractivity contribution in [1.82, 2.24) is 0 Å². The molecule has 0 spiro atoms. The molecule has 0 saturated carbocycles. The molecule has 0 radical (unpaired) electrons. The molecule has 0 saturated heterocycles. The number of nitro groups is 1. The first-order valence-corrected chi connectivity index (χ1v) is 4.69. The van der Waals surface area contributed by atoms with Gasteiger partial charge in [-0.25, -0.2) is 0 Å². The molecule has 80 valence electrons. The summed E-state index contributed by atoms with van der Waals surface area (Å²) in [5.41, 5.74) is 0.732. The molecule has 0 atom stereocenters. The van der Waals surface area contributed by atoms with E-state index in [-0.39, 0.29) is 0 Å². The fourth-order valence-corrected chi connectivity index (χ4v) is 1.01. The first kappa shape index (κ1) is 11.2. The van der Waals surface area contributed by atoms with E-state index < -0.39 is 4.92 Å². The number of ether oxygens (including phenoxy) is 1. The van der Waals surface area contributed by atoms with Crippen molar-refractivity contribution in [3.8, 4) is 5.75 Å². The van der Waals surface area contributed by atoms with Gasteiger partial charge in [0.2, 0.25) is 0 Å². The Morgan fingerprint density at radius 2 is 2.13 bits per heavy atom. The van der Waals surface area contributed by atoms with E-state index in [4.69, 9.17) is 4.74 Å². The van der Waals surface area contributed by atoms with E-state index in [9.17, 15) is 10.1 Å². The zero-order chi connectivity index (χ0) is 11.1. The molecule has 0 aliphatic heterocycles. The van der Waals surface area contributed by atoms with Crippen molar-refractivity contribution in [2.45, 2.75) is 13.3 Å². The number of hydrogen-bond donors (Lipinski definition) is 0. The molecule has 0 N–H and O–H groups in total. The van der Waals surface area contributed by atoms with E-state index >= 15 is 0 Å². The Morgan fingerprint density at radius 1 is 1.47 bits per heavy atom. The number of hydrogen-bond acceptors (Lipinski definition) is 3. The molecule has 1 rings (SSSR count). The van der Waals surface area contributed by atoms with Crippen LogP contribution in [0.1, 0.15) is 18.9 Å². The Labute approximate surface area is 88.3 Å². The van der Waals surface area contributed by atoms with Crippen molar-refractivity contribution < 1.29 is 9.66 Å². The van der Waals surface area contributed by atoms with Gasteiger partial charge in [0.1, 0.15) is 11.9 Å². The van der Waals surface area contributed by atoms with E-state index in [2.05, 4.69) is 0 Å². The zero-order valence-corrected chi connectivity index (χ0v) is 8.47. The Hall–Kier alpha value is -1.84. The second kappa shape index (κ2) is 5.80. The van der Waals surface area contributed by atoms with Crippen LogP contribution in [-0.2, 0) is 0 Å². The number of rotatable bonds is 5. The summed E-state index contributed by atoms with van der Waals surface area (Å²) in [7, 11) is 0. The third-order valence-corrected chi connectivity index (χ3v) is 1.69. The highest BCUT2D eigenvalue weighted by Gasteiger charge is 1.88. The molecular formula is C11H12NO3-. The van der Waals surface area contributed by atoms with Gasteiger partial charge in [0.15, 0.2) is 0 Å². The van der Waals surface area contributed by atoms with Gasteiger partial charge in [-0.15, -0.1) is 12.1 Å². The van der Waals surface area contributed by atoms with Gasteiger partial charge in [0.05, 0.1) is 6.61 Å². The van der Waals surface area contributed by atoms with Gasteiger partial charge in [0.25, 0.3) is 0 Å². The summed E-state index contributed by atoms with van der Waals surface area (Å²) >= 11 is 0. The summed E-state index contributed by atoms with van der Waals surface area (Å²) in [4.78, 5) is 9.41. The Balaban J connectivity index is 2.60. The maximum Gasteiger partial charge on any atom is 0.121 e. The summed E-state index contributed by atoms with van der Waals surface area (Å²) < 4.78 is 5.37. The van der Waals surface area contributed by atoms with Crippen LogP contribution < -0.4 is 4.74 Å². The molecule has 4 heteroatoms. The van der Waals surface area contributed by atoms with Crippen LogP contribution in [0, 0.1) is 16.3 Å². The van der Waals surface area contributed by atoms with E-state index in [0.29, 0.717) is 6.61 Å². The van der Waals surface area contributed by atoms with Crippen LogP contribution in [0.3, 0.4) is 0 Å². The standard InChI is InChI=1S/C11H12NO3/c1-2-9-15-11-5-3-10(4-6-11)7-8-12(13)14/h3-7H,2,9H2,1H3/q-1. The van der Waals surface area contributed by atoms with Crippen LogP contribution in [0.15, 0.2) is 24.3 Å². The summed E-state index contributed by atoms with van der Waals surface area (Å²) in [6.45, 7) is 2.71. The van der Waals surface area contributed by atoms with Gasteiger partial charge in [0, 0.05) is 0 Å². The minimum absolute atomic E-state index is 0.610. The van der Waals surface area contributed by atoms with Gasteiger partial charge < -0.3 is 4.74 Å². The fourth-order valence-electron chi connectivity index (χ4n) is 1.01. The maximum absolute atomic E-state index is 10.0. The van der Waals surface area contributed by atoms with Crippen LogP contribution in [-0.4, -0.2) is 11.5 Å². The molecule has 0 aliphatic rings. The second-order valence-electron chi connectivity index (χ2n) is 2.95. The average Bonchev–Trinajstić information content (AvgIpc) is 2.25. The normalized spacial score (nSPS) is 10.5. The third kappa shape index (κ3) is 4.26. The summed E-state index contributed by atoms with van der Waals surface area (Å²) in [6, 6.07) is 7.06. The molecule has 0 fully saturated rings. The van der Waals surface area contributed by atoms with Crippen molar-refractivity contribution in [2.75, 3.05) is 6.61 Å². The highest BCUT2D eigenvalue weighted by molar-refractivity contribution is 5.47. The monoisotopic (exact) mass is 206 g/mol. The van der Waals surface area contributed by atoms with Crippen LogP contribution >= 0.6 is 0 Å². The number of benzene rings is 1. The van der Waals surface area contributed by atoms with Gasteiger partial charge in [-0.1, -0.05) is 6.92 Å². The molecule has 1 aromatic carbocycles. The maximum atomic E-state index is 10.0. The minimum Gasteiger partial charge on any atom is -0.494 e. The largest absolute Gasteiger partial charge is 0.494 e. The molecular weight excluding hydrogens is 194 g/mol. The Bertz CT molecular complexity index is 343. The zero-order valence-electron chi connectivity index (χ0n) is 8.47. The molecule has 1 aromatic rings. The van der Waals surface area contributed by atoms with Crippen LogP contribution in [0.25, 0.3) is 6.08 Å². The molecule has 0 amide bonds. The van der Waals surface area contributed by atoms with Gasteiger partial charge >= 0.3 is 0 Å². The first-order chi connectivity index (χ1) is 7.22. The minimum atomic E-state index is -0.610. The SMILES string of the molecule is CCCOc1ccc(C=[C-][N+](=O)[O-])cc1. The lowest BCUT2D eigenvalue weighted by atomic mass is 10.2. The first-order valence-electron chi connectivity index (χ1n) is 4.69. The van der Waals surface area contributed by atoms with Crippen molar-refractivity contribution in [2.24, 2.45) is 0 Å². The quantitative estimate of drug-likeness (QED) is 0.322. The lowest BCUT2D eigenvalue weighted by Crippen LogP contribution is -1.94. The smallest absolute Gasteiger partial charge is 0.121 e. The van der Waals surface area contributed by atoms with Crippen molar-refractivity contribution >= 4 is 6.08 Å². The second-order valence-corrected chi connectivity index (χ2v) is 2.95. The average molecular weight is 206 g/mol. The van der Waals surface area contributed by atoms with Crippen molar-refractivity contribution in [3.63, 3.8) is 0 Å². The van der Waals surface area contributed by atoms with Crippen molar-refractivity contribution in [1.29, 1.82) is 0 Å². The lowest BCUT2D eigenvalue weighted by molar-refractivity contribution is -0.417. The van der Waals surface area contributed by atoms with E-state index in [1.54, 1.807) is 24.3 Å². The topological polar surface area (TPSA) is 52.4 Å². The van der Waals surface area contributed by atoms with Crippen LogP contribution in [0.2, 0.25) is 0 Å². The molecule has 4 nitrogen and oxygen atoms in total.